The third kappa shape index (κ3) is 4.11. The number of alkyl halides is 3. The van der Waals surface area contributed by atoms with Gasteiger partial charge in [-0.2, -0.15) is 13.2 Å². The molecule has 0 atom stereocenters. The van der Waals surface area contributed by atoms with Crippen LogP contribution in [0.5, 0.6) is 0 Å². The zero-order chi connectivity index (χ0) is 19.8. The topological polar surface area (TPSA) is 85.5 Å². The molecule has 0 aromatic carbocycles. The molecule has 0 aliphatic rings. The zero-order valence-electron chi connectivity index (χ0n) is 15.0. The molecule has 3 aromatic rings. The van der Waals surface area contributed by atoms with E-state index in [0.29, 0.717) is 49.1 Å². The number of hydrogen-bond donors (Lipinski definition) is 1. The zero-order valence-corrected chi connectivity index (χ0v) is 16.6. The summed E-state index contributed by atoms with van der Waals surface area (Å²) in [5.74, 6) is 0. The third-order valence-electron chi connectivity index (χ3n) is 4.43. The van der Waals surface area contributed by atoms with Crippen molar-refractivity contribution in [2.24, 2.45) is 0 Å². The van der Waals surface area contributed by atoms with E-state index in [1.54, 1.807) is 11.5 Å². The van der Waals surface area contributed by atoms with Gasteiger partial charge in [0.15, 0.2) is 0 Å². The molecule has 0 amide bonds. The number of aromatic nitrogens is 3. The van der Waals surface area contributed by atoms with Crippen molar-refractivity contribution >= 4 is 39.2 Å². The van der Waals surface area contributed by atoms with Gasteiger partial charge in [0.1, 0.15) is 16.8 Å². The molecule has 3 rings (SSSR count). The second-order valence-electron chi connectivity index (χ2n) is 6.34. The number of pyridine rings is 1. The summed E-state index contributed by atoms with van der Waals surface area (Å²) in [6.07, 6.45) is 2.17. The monoisotopic (exact) mass is 440 g/mol. The first-order valence-electron chi connectivity index (χ1n) is 8.49. The molecule has 3 aromatic heterocycles. The minimum Gasteiger partial charge on any atom is -0.292 e. The number of nitrogens with one attached hydrogen (secondary N) is 1. The number of rotatable bonds is 8. The molecule has 0 bridgehead atoms. The van der Waals surface area contributed by atoms with Crippen molar-refractivity contribution in [3.8, 4) is 0 Å². The van der Waals surface area contributed by atoms with Gasteiger partial charge >= 0.3 is 15.5 Å². The number of hydrogen-bond acceptors (Lipinski definition) is 4. The molecule has 3 heterocycles. The van der Waals surface area contributed by atoms with Crippen molar-refractivity contribution < 1.29 is 21.6 Å². The normalized spacial score (nSPS) is 12.7. The minimum absolute atomic E-state index is 0. The lowest BCUT2D eigenvalue weighted by Gasteiger charge is -2.09. The summed E-state index contributed by atoms with van der Waals surface area (Å²) in [5.41, 5.74) is -2.69. The predicted octanol–water partition coefficient (Wildman–Crippen LogP) is 2.82. The summed E-state index contributed by atoms with van der Waals surface area (Å²) in [6, 6.07) is 5.51. The van der Waals surface area contributed by atoms with Crippen LogP contribution in [-0.2, 0) is 16.6 Å². The quantitative estimate of drug-likeness (QED) is 0.546. The summed E-state index contributed by atoms with van der Waals surface area (Å²) in [6.45, 7) is 2.00. The molecule has 0 radical (unpaired) electrons. The first-order chi connectivity index (χ1) is 12.6. The second-order valence-corrected chi connectivity index (χ2v) is 8.10. The Labute approximate surface area is 165 Å². The van der Waals surface area contributed by atoms with Crippen LogP contribution in [0, 0.1) is 6.92 Å². The average molecular weight is 441 g/mol. The number of aryl methyl sites for hydroxylation is 2. The molecule has 0 fully saturated rings. The van der Waals surface area contributed by atoms with Crippen molar-refractivity contribution in [3.05, 3.63) is 34.2 Å². The van der Waals surface area contributed by atoms with Crippen LogP contribution in [0.25, 0.3) is 16.8 Å². The second kappa shape index (κ2) is 8.26. The van der Waals surface area contributed by atoms with Crippen LogP contribution in [0.1, 0.15) is 31.4 Å². The highest BCUT2D eigenvalue weighted by Gasteiger charge is 2.45. The van der Waals surface area contributed by atoms with E-state index in [4.69, 9.17) is 0 Å². The van der Waals surface area contributed by atoms with Crippen molar-refractivity contribution in [1.82, 2.24) is 18.7 Å². The molecular weight excluding hydrogens is 421 g/mol. The predicted molar refractivity (Wildman–Crippen MR) is 102 cm³/mol. The summed E-state index contributed by atoms with van der Waals surface area (Å²) < 4.78 is 63.3. The molecular formula is C16H20ClF3N4O3S. The Balaban J connectivity index is 0.00000280. The maximum absolute atomic E-state index is 12.6. The maximum atomic E-state index is 12.6. The highest BCUT2D eigenvalue weighted by Crippen LogP contribution is 2.21. The largest absolute Gasteiger partial charge is 0.511 e. The standard InChI is InChI=1S/C16H19F3N4O3S.ClH/c1-11-14-15(24)22(13-8-6-7-12(21-11)23(13)14)10-5-3-2-4-9-20-27(25,26)16(17,18)19;/h6-8,20H,2-5,9-10H2,1H3;1H. The van der Waals surface area contributed by atoms with Gasteiger partial charge in [-0.05, 0) is 31.9 Å². The fourth-order valence-electron chi connectivity index (χ4n) is 3.14. The van der Waals surface area contributed by atoms with Gasteiger partial charge < -0.3 is 0 Å². The van der Waals surface area contributed by atoms with Crippen LogP contribution in [0.4, 0.5) is 13.2 Å². The maximum Gasteiger partial charge on any atom is 0.511 e. The van der Waals surface area contributed by atoms with Gasteiger partial charge in [0.05, 0.1) is 5.69 Å². The Hall–Kier alpha value is -1.85. The Morgan fingerprint density at radius 2 is 1.82 bits per heavy atom. The molecule has 12 heteroatoms. The van der Waals surface area contributed by atoms with E-state index >= 15 is 0 Å². The first kappa shape index (κ1) is 22.4. The average Bonchev–Trinajstić information content (AvgIpc) is 3.06. The molecule has 0 unspecified atom stereocenters. The van der Waals surface area contributed by atoms with Gasteiger partial charge in [-0.1, -0.05) is 18.9 Å². The Bertz CT molecular complexity index is 1110. The van der Waals surface area contributed by atoms with E-state index in [1.807, 2.05) is 22.6 Å². The van der Waals surface area contributed by atoms with E-state index in [1.165, 1.54) is 4.72 Å². The molecule has 1 N–H and O–H groups in total. The Morgan fingerprint density at radius 1 is 1.14 bits per heavy atom. The number of sulfonamides is 1. The van der Waals surface area contributed by atoms with Gasteiger partial charge in [-0.3, -0.25) is 13.8 Å². The summed E-state index contributed by atoms with van der Waals surface area (Å²) in [4.78, 5) is 17.0. The lowest BCUT2D eigenvalue weighted by Crippen LogP contribution is -2.36. The van der Waals surface area contributed by atoms with Crippen LogP contribution < -0.4 is 10.3 Å². The Morgan fingerprint density at radius 3 is 2.50 bits per heavy atom. The summed E-state index contributed by atoms with van der Waals surface area (Å²) in [7, 11) is -5.27. The summed E-state index contributed by atoms with van der Waals surface area (Å²) >= 11 is 0. The van der Waals surface area contributed by atoms with Crippen molar-refractivity contribution in [1.29, 1.82) is 0 Å². The fraction of sp³-hybridized carbons (Fsp3) is 0.500. The van der Waals surface area contributed by atoms with E-state index in [-0.39, 0.29) is 24.5 Å². The van der Waals surface area contributed by atoms with Crippen LogP contribution in [0.2, 0.25) is 0 Å². The van der Waals surface area contributed by atoms with Gasteiger partial charge in [-0.15, -0.1) is 12.4 Å². The molecule has 0 aliphatic carbocycles. The van der Waals surface area contributed by atoms with Gasteiger partial charge in [0.25, 0.3) is 5.56 Å². The van der Waals surface area contributed by atoms with E-state index in [9.17, 15) is 26.4 Å². The Kier molecular flexibility index (Phi) is 6.62. The lowest BCUT2D eigenvalue weighted by molar-refractivity contribution is -0.0447. The SMILES string of the molecule is Cc1nc2cccc3n(CCCCCCNS(=O)(=O)C(F)(F)F)c(=O)c1n23.Cl. The number of imidazole rings is 2. The van der Waals surface area contributed by atoms with Gasteiger partial charge in [-0.25, -0.2) is 18.1 Å². The molecule has 0 saturated carbocycles. The molecule has 0 saturated heterocycles. The molecule has 0 aliphatic heterocycles. The molecule has 0 spiro atoms. The minimum atomic E-state index is -5.28. The van der Waals surface area contributed by atoms with Crippen LogP contribution >= 0.6 is 12.4 Å². The third-order valence-corrected chi connectivity index (χ3v) is 5.62. The van der Waals surface area contributed by atoms with Gasteiger partial charge in [0.2, 0.25) is 0 Å². The van der Waals surface area contributed by atoms with Gasteiger partial charge in [0, 0.05) is 13.1 Å². The molecule has 28 heavy (non-hydrogen) atoms. The fourth-order valence-corrected chi connectivity index (χ4v) is 3.71. The molecule has 7 nitrogen and oxygen atoms in total. The number of unbranched alkanes of at least 4 members (excludes halogenated alkanes) is 3. The smallest absolute Gasteiger partial charge is 0.292 e. The van der Waals surface area contributed by atoms with Crippen molar-refractivity contribution in [3.63, 3.8) is 0 Å². The van der Waals surface area contributed by atoms with Crippen molar-refractivity contribution in [2.45, 2.75) is 44.7 Å². The number of nitrogens with zero attached hydrogens (tertiary/aromatic N) is 3. The highest BCUT2D eigenvalue weighted by molar-refractivity contribution is 7.90. The van der Waals surface area contributed by atoms with E-state index in [0.717, 1.165) is 5.65 Å². The van der Waals surface area contributed by atoms with Crippen LogP contribution in [0.15, 0.2) is 23.0 Å². The highest BCUT2D eigenvalue weighted by atomic mass is 35.5. The summed E-state index contributed by atoms with van der Waals surface area (Å²) in [5, 5.41) is 0. The van der Waals surface area contributed by atoms with Crippen LogP contribution in [0.3, 0.4) is 0 Å². The molecule has 156 valence electrons. The first-order valence-corrected chi connectivity index (χ1v) is 9.97. The van der Waals surface area contributed by atoms with Crippen molar-refractivity contribution in [2.75, 3.05) is 6.54 Å². The van der Waals surface area contributed by atoms with E-state index < -0.39 is 15.5 Å². The lowest BCUT2D eigenvalue weighted by atomic mass is 10.2. The number of halogens is 4. The van der Waals surface area contributed by atoms with E-state index in [2.05, 4.69) is 4.98 Å². The van der Waals surface area contributed by atoms with Crippen LogP contribution in [-0.4, -0.2) is 34.4 Å².